The number of likely N-dealkylation sites (tertiary alicyclic amines) is 1. The molecule has 0 unspecified atom stereocenters. The Labute approximate surface area is 200 Å². The average molecular weight is 471 g/mol. The summed E-state index contributed by atoms with van der Waals surface area (Å²) in [6.07, 6.45) is 4.64. The fourth-order valence-electron chi connectivity index (χ4n) is 4.13. The number of carbonyl (C=O) groups excluding carboxylic acids is 1. The molecule has 1 atom stereocenters. The molecular weight excluding hydrogens is 436 g/mol. The fourth-order valence-corrected chi connectivity index (χ4v) is 4.13. The topological polar surface area (TPSA) is 132 Å². The summed E-state index contributed by atoms with van der Waals surface area (Å²) in [7, 11) is 0. The smallest absolute Gasteiger partial charge is 0.410 e. The number of anilines is 3. The molecule has 4 rings (SSSR count). The Kier molecular flexibility index (Phi) is 6.74. The van der Waals surface area contributed by atoms with Crippen molar-refractivity contribution in [2.75, 3.05) is 55.3 Å². The first-order valence-electron chi connectivity index (χ1n) is 11.7. The van der Waals surface area contributed by atoms with Crippen LogP contribution in [0.4, 0.5) is 22.5 Å². The Morgan fingerprint density at radius 3 is 2.56 bits per heavy atom. The number of ether oxygens (including phenoxy) is 2. The van der Waals surface area contributed by atoms with E-state index in [0.717, 1.165) is 18.4 Å². The first-order chi connectivity index (χ1) is 16.2. The van der Waals surface area contributed by atoms with E-state index in [-0.39, 0.29) is 17.6 Å². The number of rotatable bonds is 5. The first-order valence-corrected chi connectivity index (χ1v) is 11.7. The van der Waals surface area contributed by atoms with Gasteiger partial charge in [0.05, 0.1) is 24.4 Å². The molecule has 2 aliphatic heterocycles. The van der Waals surface area contributed by atoms with E-state index < -0.39 is 5.60 Å². The summed E-state index contributed by atoms with van der Waals surface area (Å²) in [5.74, 6) is 1.52. The third kappa shape index (κ3) is 5.64. The van der Waals surface area contributed by atoms with E-state index in [1.54, 1.807) is 17.3 Å². The van der Waals surface area contributed by atoms with Gasteiger partial charge in [0.25, 0.3) is 0 Å². The van der Waals surface area contributed by atoms with Crippen LogP contribution in [0.2, 0.25) is 0 Å². The highest BCUT2D eigenvalue weighted by atomic mass is 16.6. The Morgan fingerprint density at radius 2 is 1.91 bits per heavy atom. The summed E-state index contributed by atoms with van der Waals surface area (Å²) < 4.78 is 11.1. The normalized spacial score (nSPS) is 20.9. The van der Waals surface area contributed by atoms with Crippen molar-refractivity contribution in [2.45, 2.75) is 51.7 Å². The molecule has 0 radical (unpaired) electrons. The highest BCUT2D eigenvalue weighted by Gasteiger charge is 2.40. The number of morpholine rings is 1. The Morgan fingerprint density at radius 1 is 1.21 bits per heavy atom. The van der Waals surface area contributed by atoms with Crippen LogP contribution >= 0.6 is 0 Å². The molecule has 2 saturated heterocycles. The number of nitrogens with two attached hydrogens (primary N) is 1. The van der Waals surface area contributed by atoms with Crippen LogP contribution in [0, 0.1) is 0 Å². The zero-order valence-corrected chi connectivity index (χ0v) is 20.4. The summed E-state index contributed by atoms with van der Waals surface area (Å²) in [6.45, 7) is 11.6. The predicted molar refractivity (Wildman–Crippen MR) is 130 cm³/mol. The maximum Gasteiger partial charge on any atom is 0.410 e. The lowest BCUT2D eigenvalue weighted by atomic mass is 9.95. The largest absolute Gasteiger partial charge is 0.444 e. The second-order valence-corrected chi connectivity index (χ2v) is 9.78. The lowest BCUT2D eigenvalue weighted by Crippen LogP contribution is -2.43. The number of nitrogen functional groups attached to an aromatic ring is 1. The fraction of sp³-hybridized carbons (Fsp3) is 0.609. The van der Waals surface area contributed by atoms with Gasteiger partial charge in [-0.05, 0) is 33.6 Å². The van der Waals surface area contributed by atoms with Crippen molar-refractivity contribution in [1.29, 1.82) is 0 Å². The summed E-state index contributed by atoms with van der Waals surface area (Å²) >= 11 is 0. The Hall–Kier alpha value is -3.21. The molecule has 0 bridgehead atoms. The molecule has 3 N–H and O–H groups in total. The van der Waals surface area contributed by atoms with E-state index in [2.05, 4.69) is 27.1 Å². The van der Waals surface area contributed by atoms with Crippen molar-refractivity contribution in [3.8, 4) is 11.3 Å². The molecule has 4 heterocycles. The monoisotopic (exact) mass is 470 g/mol. The van der Waals surface area contributed by atoms with Gasteiger partial charge in [-0.3, -0.25) is 0 Å². The maximum absolute atomic E-state index is 12.7. The number of carbonyl (C=O) groups is 1. The summed E-state index contributed by atoms with van der Waals surface area (Å²) in [5, 5.41) is 3.63. The molecule has 11 nitrogen and oxygen atoms in total. The number of amides is 1. The Balaban J connectivity index is 1.61. The minimum Gasteiger partial charge on any atom is -0.444 e. The third-order valence-corrected chi connectivity index (χ3v) is 6.05. The van der Waals surface area contributed by atoms with E-state index in [0.29, 0.717) is 56.9 Å². The van der Waals surface area contributed by atoms with Crippen molar-refractivity contribution < 1.29 is 14.3 Å². The lowest BCUT2D eigenvalue weighted by molar-refractivity contribution is 0.0286. The molecule has 11 heteroatoms. The third-order valence-electron chi connectivity index (χ3n) is 6.05. The van der Waals surface area contributed by atoms with Crippen LogP contribution in [0.5, 0.6) is 0 Å². The highest BCUT2D eigenvalue weighted by molar-refractivity contribution is 5.69. The number of hydrogen-bond donors (Lipinski definition) is 2. The minimum atomic E-state index is -0.530. The second kappa shape index (κ2) is 9.57. The van der Waals surface area contributed by atoms with E-state index in [1.165, 1.54) is 0 Å². The van der Waals surface area contributed by atoms with Crippen LogP contribution in [-0.4, -0.2) is 81.5 Å². The van der Waals surface area contributed by atoms with Gasteiger partial charge in [-0.25, -0.2) is 19.7 Å². The van der Waals surface area contributed by atoms with Crippen LogP contribution < -0.4 is 16.0 Å². The summed E-state index contributed by atoms with van der Waals surface area (Å²) in [6, 6.07) is 1.90. The van der Waals surface area contributed by atoms with Crippen molar-refractivity contribution >= 4 is 23.8 Å². The van der Waals surface area contributed by atoms with E-state index in [1.807, 2.05) is 26.8 Å². The molecule has 2 aromatic heterocycles. The van der Waals surface area contributed by atoms with Crippen LogP contribution in [0.3, 0.4) is 0 Å². The molecule has 0 aliphatic carbocycles. The van der Waals surface area contributed by atoms with Crippen LogP contribution in [-0.2, 0) is 9.47 Å². The first kappa shape index (κ1) is 23.9. The lowest BCUT2D eigenvalue weighted by Gasteiger charge is -2.32. The molecule has 2 fully saturated rings. The molecule has 184 valence electrons. The van der Waals surface area contributed by atoms with Crippen molar-refractivity contribution in [1.82, 2.24) is 24.8 Å². The molecule has 1 amide bonds. The van der Waals surface area contributed by atoms with Gasteiger partial charge in [0, 0.05) is 50.2 Å². The molecule has 34 heavy (non-hydrogen) atoms. The van der Waals surface area contributed by atoms with Gasteiger partial charge in [0.1, 0.15) is 11.4 Å². The molecule has 2 aliphatic rings. The molecular formula is C23H34N8O3. The van der Waals surface area contributed by atoms with E-state index >= 15 is 0 Å². The van der Waals surface area contributed by atoms with Gasteiger partial charge in [0.15, 0.2) is 0 Å². The number of nitrogens with zero attached hydrogens (tertiary/aromatic N) is 6. The standard InChI is InChI=1S/C23H34N8O3/c1-5-23(6-7-31(15-23)21(32)34-22(2,3)4)29-18-12-17(16-13-25-19(24)26-14-16)27-20(28-18)30-8-10-33-11-9-30/h12-14H,5-11,15H2,1-4H3,(H2,24,25,26)(H,27,28,29)/t23-/m1/s1. The Bertz CT molecular complexity index is 1000. The summed E-state index contributed by atoms with van der Waals surface area (Å²) in [4.78, 5) is 34.4. The number of aromatic nitrogens is 4. The van der Waals surface area contributed by atoms with Crippen molar-refractivity contribution in [3.05, 3.63) is 18.5 Å². The highest BCUT2D eigenvalue weighted by Crippen LogP contribution is 2.32. The molecule has 2 aromatic rings. The molecule has 0 spiro atoms. The quantitative estimate of drug-likeness (QED) is 0.672. The van der Waals surface area contributed by atoms with Gasteiger partial charge in [-0.1, -0.05) is 6.92 Å². The minimum absolute atomic E-state index is 0.211. The van der Waals surface area contributed by atoms with E-state index in [4.69, 9.17) is 25.2 Å². The van der Waals surface area contributed by atoms with Gasteiger partial charge >= 0.3 is 6.09 Å². The average Bonchev–Trinajstić information content (AvgIpc) is 3.23. The van der Waals surface area contributed by atoms with Gasteiger partial charge in [-0.15, -0.1) is 0 Å². The predicted octanol–water partition coefficient (Wildman–Crippen LogP) is 2.55. The molecule has 0 aromatic carbocycles. The van der Waals surface area contributed by atoms with Crippen molar-refractivity contribution in [2.24, 2.45) is 0 Å². The van der Waals surface area contributed by atoms with Gasteiger partial charge in [0.2, 0.25) is 11.9 Å². The zero-order chi connectivity index (χ0) is 24.3. The maximum atomic E-state index is 12.7. The number of nitrogens with one attached hydrogen (secondary N) is 1. The van der Waals surface area contributed by atoms with Crippen LogP contribution in [0.25, 0.3) is 11.3 Å². The van der Waals surface area contributed by atoms with Crippen LogP contribution in [0.15, 0.2) is 18.5 Å². The van der Waals surface area contributed by atoms with Crippen LogP contribution in [0.1, 0.15) is 40.5 Å². The van der Waals surface area contributed by atoms with E-state index in [9.17, 15) is 4.79 Å². The van der Waals surface area contributed by atoms with Gasteiger partial charge < -0.3 is 30.3 Å². The van der Waals surface area contributed by atoms with Crippen molar-refractivity contribution in [3.63, 3.8) is 0 Å². The second-order valence-electron chi connectivity index (χ2n) is 9.78. The SMILES string of the molecule is CC[C@@]1(Nc2cc(-c3cnc(N)nc3)nc(N3CCOCC3)n2)CCN(C(=O)OC(C)(C)C)C1. The molecule has 0 saturated carbocycles. The number of hydrogen-bond acceptors (Lipinski definition) is 10. The summed E-state index contributed by atoms with van der Waals surface area (Å²) in [5.41, 5.74) is 6.28. The zero-order valence-electron chi connectivity index (χ0n) is 20.4. The van der Waals surface area contributed by atoms with Gasteiger partial charge in [-0.2, -0.15) is 4.98 Å².